The van der Waals surface area contributed by atoms with E-state index in [1.54, 1.807) is 6.92 Å². The van der Waals surface area contributed by atoms with Gasteiger partial charge in [-0.05, 0) is 35.2 Å². The second-order valence-corrected chi connectivity index (χ2v) is 14.4. The van der Waals surface area contributed by atoms with Gasteiger partial charge in [0.05, 0.1) is 0 Å². The molecule has 0 saturated carbocycles. The molecule has 8 heteroatoms. The predicted octanol–water partition coefficient (Wildman–Crippen LogP) is 7.03. The third-order valence-electron chi connectivity index (χ3n) is 6.97. The Morgan fingerprint density at radius 2 is 1.26 bits per heavy atom. The molecule has 3 rings (SSSR count). The lowest BCUT2D eigenvalue weighted by molar-refractivity contribution is -0.361. The highest BCUT2D eigenvalue weighted by atomic mass is 28.4. The van der Waals surface area contributed by atoms with Crippen molar-refractivity contribution in [3.63, 3.8) is 0 Å². The molecule has 0 N–H and O–H groups in total. The molecule has 0 saturated heterocycles. The van der Waals surface area contributed by atoms with E-state index in [1.165, 1.54) is 0 Å². The van der Waals surface area contributed by atoms with Gasteiger partial charge in [0.2, 0.25) is 0 Å². The predicted molar refractivity (Wildman–Crippen MR) is 125 cm³/mol. The Kier molecular flexibility index (Phi) is 7.17. The molecule has 1 nitrogen and oxygen atoms in total. The zero-order valence-electron chi connectivity index (χ0n) is 19.7. The normalized spacial score (nSPS) is 19.6. The Bertz CT molecular complexity index is 936. The van der Waals surface area contributed by atoms with Crippen molar-refractivity contribution in [3.05, 3.63) is 72.3 Å². The molecule has 0 heterocycles. The van der Waals surface area contributed by atoms with Crippen LogP contribution in [0.1, 0.15) is 40.5 Å². The van der Waals surface area contributed by atoms with Crippen LogP contribution in [0.3, 0.4) is 0 Å². The van der Waals surface area contributed by atoms with Crippen LogP contribution in [0.5, 0.6) is 0 Å². The largest absolute Gasteiger partial charge is 0.407 e. The van der Waals surface area contributed by atoms with Crippen molar-refractivity contribution >= 4 is 18.7 Å². The number of alkyl halides is 6. The average Bonchev–Trinajstić information content (AvgIpc) is 2.73. The number of hydrogen-bond acceptors (Lipinski definition) is 1. The minimum Gasteiger partial charge on any atom is -0.407 e. The molecular weight excluding hydrogens is 470 g/mol. The minimum atomic E-state index is -5.46. The van der Waals surface area contributed by atoms with Crippen LogP contribution in [0.25, 0.3) is 0 Å². The molecule has 2 aromatic rings. The molecule has 2 aromatic carbocycles. The summed E-state index contributed by atoms with van der Waals surface area (Å²) in [5.41, 5.74) is -3.33. The lowest BCUT2D eigenvalue weighted by Gasteiger charge is -2.48. The smallest absolute Gasteiger partial charge is 0.403 e. The Labute approximate surface area is 198 Å². The van der Waals surface area contributed by atoms with Gasteiger partial charge in [0.1, 0.15) is 0 Å². The number of benzene rings is 2. The van der Waals surface area contributed by atoms with E-state index in [4.69, 9.17) is 4.43 Å². The first-order chi connectivity index (χ1) is 15.7. The van der Waals surface area contributed by atoms with Gasteiger partial charge in [0.15, 0.2) is 5.41 Å². The average molecular weight is 501 g/mol. The summed E-state index contributed by atoms with van der Waals surface area (Å²) in [6.07, 6.45) is -11.3. The zero-order chi connectivity index (χ0) is 25.4. The lowest BCUT2D eigenvalue weighted by atomic mass is 9.66. The van der Waals surface area contributed by atoms with E-state index in [-0.39, 0.29) is 6.42 Å². The number of halogens is 6. The number of rotatable bonds is 5. The molecule has 34 heavy (non-hydrogen) atoms. The van der Waals surface area contributed by atoms with E-state index in [0.717, 1.165) is 16.4 Å². The van der Waals surface area contributed by atoms with Crippen LogP contribution in [0.4, 0.5) is 26.3 Å². The van der Waals surface area contributed by atoms with Gasteiger partial charge in [-0.1, -0.05) is 93.1 Å². The molecule has 0 spiro atoms. The molecular formula is C26H30F6OSi. The molecule has 1 aliphatic carbocycles. The summed E-state index contributed by atoms with van der Waals surface area (Å²) < 4.78 is 91.6. The van der Waals surface area contributed by atoms with E-state index < -0.39 is 50.1 Å². The molecule has 0 fully saturated rings. The summed E-state index contributed by atoms with van der Waals surface area (Å²) in [6, 6.07) is 18.4. The van der Waals surface area contributed by atoms with E-state index in [2.05, 4.69) is 0 Å². The van der Waals surface area contributed by atoms with Crippen molar-refractivity contribution < 1.29 is 30.8 Å². The van der Waals surface area contributed by atoms with Gasteiger partial charge in [-0.15, -0.1) is 0 Å². The van der Waals surface area contributed by atoms with Crippen molar-refractivity contribution in [2.24, 2.45) is 11.3 Å². The quantitative estimate of drug-likeness (QED) is 0.243. The molecule has 0 bridgehead atoms. The second-order valence-electron chi connectivity index (χ2n) is 10.1. The van der Waals surface area contributed by atoms with Gasteiger partial charge >= 0.3 is 12.4 Å². The summed E-state index contributed by atoms with van der Waals surface area (Å²) in [5, 5.41) is 1.05. The van der Waals surface area contributed by atoms with E-state index in [0.29, 0.717) is 5.57 Å². The summed E-state index contributed by atoms with van der Waals surface area (Å²) in [5.74, 6) is -1.78. The Morgan fingerprint density at radius 1 is 0.824 bits per heavy atom. The molecule has 0 aromatic heterocycles. The molecule has 186 valence electrons. The van der Waals surface area contributed by atoms with Gasteiger partial charge in [0.25, 0.3) is 8.32 Å². The summed E-state index contributed by atoms with van der Waals surface area (Å²) in [7, 11) is -3.29. The first-order valence-corrected chi connectivity index (χ1v) is 13.1. The molecule has 0 amide bonds. The van der Waals surface area contributed by atoms with Crippen molar-refractivity contribution in [2.45, 2.75) is 57.9 Å². The van der Waals surface area contributed by atoms with Gasteiger partial charge < -0.3 is 4.43 Å². The lowest BCUT2D eigenvalue weighted by Crippen LogP contribution is -2.67. The Morgan fingerprint density at radius 3 is 1.65 bits per heavy atom. The SMILES string of the molecule is CC1=CCC(C(F)(F)F)(C(F)(F)F)C(CO[Si](c2ccccc2)(c2ccccc2)C(C)(C)C)C1. The fourth-order valence-electron chi connectivity index (χ4n) is 5.19. The van der Waals surface area contributed by atoms with Gasteiger partial charge in [-0.3, -0.25) is 0 Å². The van der Waals surface area contributed by atoms with Gasteiger partial charge in [-0.25, -0.2) is 0 Å². The molecule has 1 atom stereocenters. The third kappa shape index (κ3) is 4.46. The van der Waals surface area contributed by atoms with Crippen molar-refractivity contribution in [3.8, 4) is 0 Å². The number of hydrogen-bond donors (Lipinski definition) is 0. The van der Waals surface area contributed by atoms with E-state index in [9.17, 15) is 26.3 Å². The first-order valence-electron chi connectivity index (χ1n) is 11.2. The van der Waals surface area contributed by atoms with Crippen LogP contribution >= 0.6 is 0 Å². The summed E-state index contributed by atoms with van der Waals surface area (Å²) in [6.45, 7) is 6.74. The highest BCUT2D eigenvalue weighted by molar-refractivity contribution is 6.99. The maximum atomic E-state index is 14.2. The standard InChI is InChI=1S/C26H30F6OSi/c1-19-15-16-24(25(27,28)29,26(30,31)32)20(17-19)18-33-34(23(2,3)4,21-11-7-5-8-12-21)22-13-9-6-10-14-22/h5-15,20H,16-18H2,1-4H3. The maximum absolute atomic E-state index is 14.2. The Hall–Kier alpha value is -2.06. The third-order valence-corrected chi connectivity index (χ3v) is 12.0. The van der Waals surface area contributed by atoms with Gasteiger partial charge in [-0.2, -0.15) is 26.3 Å². The first kappa shape index (κ1) is 26.5. The number of allylic oxidation sites excluding steroid dienone is 2. The summed E-state index contributed by atoms with van der Waals surface area (Å²) in [4.78, 5) is 0. The minimum absolute atomic E-state index is 0.322. The fraction of sp³-hybridized carbons (Fsp3) is 0.462. The molecule has 0 radical (unpaired) electrons. The van der Waals surface area contributed by atoms with E-state index >= 15 is 0 Å². The van der Waals surface area contributed by atoms with Crippen LogP contribution in [0, 0.1) is 11.3 Å². The van der Waals surface area contributed by atoms with E-state index in [1.807, 2.05) is 81.4 Å². The highest BCUT2D eigenvalue weighted by Gasteiger charge is 2.73. The molecule has 1 unspecified atom stereocenters. The second kappa shape index (κ2) is 9.19. The van der Waals surface area contributed by atoms with Crippen molar-refractivity contribution in [1.82, 2.24) is 0 Å². The van der Waals surface area contributed by atoms with Crippen LogP contribution in [0.2, 0.25) is 5.04 Å². The molecule has 1 aliphatic rings. The highest BCUT2D eigenvalue weighted by Crippen LogP contribution is 2.60. The van der Waals surface area contributed by atoms with Crippen LogP contribution in [0.15, 0.2) is 72.3 Å². The Balaban J connectivity index is 2.17. The van der Waals surface area contributed by atoms with Crippen molar-refractivity contribution in [2.75, 3.05) is 6.61 Å². The van der Waals surface area contributed by atoms with Crippen molar-refractivity contribution in [1.29, 1.82) is 0 Å². The molecule has 0 aliphatic heterocycles. The summed E-state index contributed by atoms with van der Waals surface area (Å²) >= 11 is 0. The van der Waals surface area contributed by atoms with Crippen LogP contribution < -0.4 is 10.4 Å². The monoisotopic (exact) mass is 500 g/mol. The van der Waals surface area contributed by atoms with Crippen LogP contribution in [-0.2, 0) is 4.43 Å². The van der Waals surface area contributed by atoms with Gasteiger partial charge in [0, 0.05) is 12.5 Å². The fourth-order valence-corrected chi connectivity index (χ4v) is 9.80. The maximum Gasteiger partial charge on any atom is 0.403 e. The topological polar surface area (TPSA) is 9.23 Å². The zero-order valence-corrected chi connectivity index (χ0v) is 20.7. The van der Waals surface area contributed by atoms with Crippen LogP contribution in [-0.4, -0.2) is 27.3 Å².